The minimum atomic E-state index is -0.361. The molecule has 96 valence electrons. The highest BCUT2D eigenvalue weighted by Crippen LogP contribution is 1.94. The smallest absolute Gasteiger partial charge is 0.221 e. The summed E-state index contributed by atoms with van der Waals surface area (Å²) >= 11 is 0. The average Bonchev–Trinajstić information content (AvgIpc) is 2.25. The number of aliphatic hydroxyl groups is 1. The van der Waals surface area contributed by atoms with Crippen LogP contribution in [0.1, 0.15) is 13.3 Å². The first-order valence-corrected chi connectivity index (χ1v) is 5.75. The van der Waals surface area contributed by atoms with E-state index in [1.54, 1.807) is 7.05 Å². The SMILES string of the molecule is CCN(C)CC(O)CN(C)CCC(=O)NC. The third-order valence-electron chi connectivity index (χ3n) is 2.58. The summed E-state index contributed by atoms with van der Waals surface area (Å²) < 4.78 is 0. The highest BCUT2D eigenvalue weighted by Gasteiger charge is 2.10. The Labute approximate surface area is 98.4 Å². The van der Waals surface area contributed by atoms with Crippen molar-refractivity contribution in [2.45, 2.75) is 19.4 Å². The van der Waals surface area contributed by atoms with Gasteiger partial charge in [0.2, 0.25) is 5.91 Å². The third-order valence-corrected chi connectivity index (χ3v) is 2.58. The number of rotatable bonds is 8. The van der Waals surface area contributed by atoms with Gasteiger partial charge in [-0.25, -0.2) is 0 Å². The van der Waals surface area contributed by atoms with Crippen molar-refractivity contribution in [3.63, 3.8) is 0 Å². The number of aliphatic hydroxyl groups excluding tert-OH is 1. The van der Waals surface area contributed by atoms with Crippen molar-refractivity contribution in [3.8, 4) is 0 Å². The Morgan fingerprint density at radius 1 is 1.31 bits per heavy atom. The topological polar surface area (TPSA) is 55.8 Å². The molecule has 1 amide bonds. The number of carbonyl (C=O) groups is 1. The molecule has 0 bridgehead atoms. The Balaban J connectivity index is 3.69. The summed E-state index contributed by atoms with van der Waals surface area (Å²) in [5, 5.41) is 12.3. The van der Waals surface area contributed by atoms with Gasteiger partial charge in [0, 0.05) is 33.1 Å². The molecule has 0 aromatic rings. The lowest BCUT2D eigenvalue weighted by Gasteiger charge is -2.23. The molecule has 0 spiro atoms. The standard InChI is InChI=1S/C11H25N3O2/c1-5-13(3)8-10(15)9-14(4)7-6-11(16)12-2/h10,15H,5-9H2,1-4H3,(H,12,16). The second-order valence-corrected chi connectivity index (χ2v) is 4.19. The van der Waals surface area contributed by atoms with Gasteiger partial charge in [0.15, 0.2) is 0 Å². The zero-order chi connectivity index (χ0) is 12.6. The van der Waals surface area contributed by atoms with Crippen LogP contribution < -0.4 is 5.32 Å². The maximum atomic E-state index is 11.0. The van der Waals surface area contributed by atoms with Crippen LogP contribution in [0.15, 0.2) is 0 Å². The van der Waals surface area contributed by atoms with Gasteiger partial charge in [-0.2, -0.15) is 0 Å². The number of amides is 1. The van der Waals surface area contributed by atoms with Gasteiger partial charge in [0.1, 0.15) is 0 Å². The molecule has 5 heteroatoms. The molecule has 16 heavy (non-hydrogen) atoms. The van der Waals surface area contributed by atoms with Gasteiger partial charge in [0.25, 0.3) is 0 Å². The lowest BCUT2D eigenvalue weighted by molar-refractivity contribution is -0.120. The molecule has 0 aliphatic heterocycles. The van der Waals surface area contributed by atoms with E-state index >= 15 is 0 Å². The van der Waals surface area contributed by atoms with Gasteiger partial charge in [-0.1, -0.05) is 6.92 Å². The molecule has 0 saturated carbocycles. The van der Waals surface area contributed by atoms with Gasteiger partial charge < -0.3 is 20.2 Å². The minimum Gasteiger partial charge on any atom is -0.390 e. The molecule has 1 unspecified atom stereocenters. The van der Waals surface area contributed by atoms with Crippen LogP contribution in [-0.2, 0) is 4.79 Å². The zero-order valence-corrected chi connectivity index (χ0v) is 10.9. The van der Waals surface area contributed by atoms with Crippen LogP contribution in [-0.4, -0.2) is 74.2 Å². The molecule has 0 radical (unpaired) electrons. The summed E-state index contributed by atoms with van der Waals surface area (Å²) in [4.78, 5) is 15.1. The van der Waals surface area contributed by atoms with Crippen molar-refractivity contribution in [1.82, 2.24) is 15.1 Å². The Morgan fingerprint density at radius 2 is 1.88 bits per heavy atom. The summed E-state index contributed by atoms with van der Waals surface area (Å²) in [6, 6.07) is 0. The van der Waals surface area contributed by atoms with E-state index in [1.807, 2.05) is 19.0 Å². The zero-order valence-electron chi connectivity index (χ0n) is 10.9. The highest BCUT2D eigenvalue weighted by atomic mass is 16.3. The van der Waals surface area contributed by atoms with Crippen LogP contribution in [0, 0.1) is 0 Å². The van der Waals surface area contributed by atoms with Gasteiger partial charge in [-0.3, -0.25) is 4.79 Å². The first kappa shape index (κ1) is 15.3. The second-order valence-electron chi connectivity index (χ2n) is 4.19. The molecule has 0 aromatic heterocycles. The number of hydrogen-bond donors (Lipinski definition) is 2. The van der Waals surface area contributed by atoms with Gasteiger partial charge in [-0.15, -0.1) is 0 Å². The normalized spacial score (nSPS) is 13.2. The van der Waals surface area contributed by atoms with E-state index in [-0.39, 0.29) is 12.0 Å². The first-order chi connectivity index (χ1) is 7.49. The van der Waals surface area contributed by atoms with Gasteiger partial charge in [-0.05, 0) is 20.6 Å². The van der Waals surface area contributed by atoms with E-state index in [1.165, 1.54) is 0 Å². The predicted molar refractivity (Wildman–Crippen MR) is 65.4 cm³/mol. The van der Waals surface area contributed by atoms with Crippen LogP contribution in [0.3, 0.4) is 0 Å². The summed E-state index contributed by atoms with van der Waals surface area (Å²) in [5.41, 5.74) is 0. The highest BCUT2D eigenvalue weighted by molar-refractivity contribution is 5.75. The van der Waals surface area contributed by atoms with Crippen molar-refractivity contribution in [1.29, 1.82) is 0 Å². The quantitative estimate of drug-likeness (QED) is 0.584. The fraction of sp³-hybridized carbons (Fsp3) is 0.909. The fourth-order valence-electron chi connectivity index (χ4n) is 1.42. The van der Waals surface area contributed by atoms with E-state index in [9.17, 15) is 9.90 Å². The molecule has 0 aromatic carbocycles. The number of nitrogens with zero attached hydrogens (tertiary/aromatic N) is 2. The molecule has 0 rings (SSSR count). The van der Waals surface area contributed by atoms with Crippen molar-refractivity contribution >= 4 is 5.91 Å². The van der Waals surface area contributed by atoms with Crippen LogP contribution in [0.25, 0.3) is 0 Å². The van der Waals surface area contributed by atoms with Crippen molar-refractivity contribution in [3.05, 3.63) is 0 Å². The number of hydrogen-bond acceptors (Lipinski definition) is 4. The van der Waals surface area contributed by atoms with Gasteiger partial charge in [0.05, 0.1) is 6.10 Å². The van der Waals surface area contributed by atoms with Gasteiger partial charge >= 0.3 is 0 Å². The molecular formula is C11H25N3O2. The first-order valence-electron chi connectivity index (χ1n) is 5.75. The minimum absolute atomic E-state index is 0.0343. The van der Waals surface area contributed by atoms with E-state index in [2.05, 4.69) is 17.1 Å². The molecule has 2 N–H and O–H groups in total. The number of carbonyl (C=O) groups excluding carboxylic acids is 1. The van der Waals surface area contributed by atoms with Crippen molar-refractivity contribution < 1.29 is 9.90 Å². The Kier molecular flexibility index (Phi) is 8.15. The third kappa shape index (κ3) is 7.62. The number of likely N-dealkylation sites (N-methyl/N-ethyl adjacent to an activating group) is 2. The lowest BCUT2D eigenvalue weighted by Crippen LogP contribution is -2.38. The van der Waals surface area contributed by atoms with E-state index in [4.69, 9.17) is 0 Å². The largest absolute Gasteiger partial charge is 0.390 e. The summed E-state index contributed by atoms with van der Waals surface area (Å²) in [6.45, 7) is 4.93. The molecule has 1 atom stereocenters. The predicted octanol–water partition coefficient (Wildman–Crippen LogP) is -0.633. The summed E-state index contributed by atoms with van der Waals surface area (Å²) in [5.74, 6) is 0.0343. The molecule has 0 aliphatic carbocycles. The maximum Gasteiger partial charge on any atom is 0.221 e. The Morgan fingerprint density at radius 3 is 2.38 bits per heavy atom. The van der Waals surface area contributed by atoms with Crippen LogP contribution in [0.2, 0.25) is 0 Å². The maximum absolute atomic E-state index is 11.0. The molecular weight excluding hydrogens is 206 g/mol. The molecule has 0 fully saturated rings. The Bertz CT molecular complexity index is 200. The average molecular weight is 231 g/mol. The van der Waals surface area contributed by atoms with E-state index in [0.717, 1.165) is 6.54 Å². The van der Waals surface area contributed by atoms with Crippen LogP contribution in [0.5, 0.6) is 0 Å². The van der Waals surface area contributed by atoms with Crippen molar-refractivity contribution in [2.24, 2.45) is 0 Å². The molecule has 0 heterocycles. The second kappa shape index (κ2) is 8.50. The molecule has 0 aliphatic rings. The number of nitrogens with one attached hydrogen (secondary N) is 1. The van der Waals surface area contributed by atoms with E-state index < -0.39 is 0 Å². The summed E-state index contributed by atoms with van der Waals surface area (Å²) in [6.07, 6.45) is 0.114. The lowest BCUT2D eigenvalue weighted by atomic mass is 10.3. The molecule has 0 saturated heterocycles. The Hall–Kier alpha value is -0.650. The van der Waals surface area contributed by atoms with Crippen LogP contribution in [0.4, 0.5) is 0 Å². The fourth-order valence-corrected chi connectivity index (χ4v) is 1.42. The summed E-state index contributed by atoms with van der Waals surface area (Å²) in [7, 11) is 5.53. The van der Waals surface area contributed by atoms with Crippen molar-refractivity contribution in [2.75, 3.05) is 47.3 Å². The van der Waals surface area contributed by atoms with Crippen LogP contribution >= 0.6 is 0 Å². The monoisotopic (exact) mass is 231 g/mol. The molecule has 5 nitrogen and oxygen atoms in total. The van der Waals surface area contributed by atoms with E-state index in [0.29, 0.717) is 26.1 Å².